The van der Waals surface area contributed by atoms with Gasteiger partial charge in [0.1, 0.15) is 0 Å². The summed E-state index contributed by atoms with van der Waals surface area (Å²) in [6.45, 7) is 4.52. The minimum absolute atomic E-state index is 0.0567. The lowest BCUT2D eigenvalue weighted by atomic mass is 9.99. The van der Waals surface area contributed by atoms with Gasteiger partial charge in [-0.2, -0.15) is 0 Å². The van der Waals surface area contributed by atoms with Crippen LogP contribution in [0.3, 0.4) is 0 Å². The zero-order valence-corrected chi connectivity index (χ0v) is 11.3. The van der Waals surface area contributed by atoms with Crippen LogP contribution < -0.4 is 10.6 Å². The topological polar surface area (TPSA) is 53.6 Å². The fourth-order valence-corrected chi connectivity index (χ4v) is 2.75. The molecule has 2 fully saturated rings. The molecule has 5 nitrogen and oxygen atoms in total. The largest absolute Gasteiger partial charge is 0.376 e. The number of likely N-dealkylation sites (tertiary alicyclic amines) is 1. The third-order valence-electron chi connectivity index (χ3n) is 3.79. The zero-order valence-electron chi connectivity index (χ0n) is 11.3. The van der Waals surface area contributed by atoms with Gasteiger partial charge in [-0.15, -0.1) is 0 Å². The lowest BCUT2D eigenvalue weighted by Gasteiger charge is -2.29. The first-order valence-corrected chi connectivity index (χ1v) is 7.06. The number of hydrogen-bond donors (Lipinski definition) is 2. The van der Waals surface area contributed by atoms with Crippen LogP contribution in [0.2, 0.25) is 0 Å². The SMILES string of the molecule is CN1CCC[C@H](CNC(=O)NC[C@H]2CCCO2)C1. The minimum Gasteiger partial charge on any atom is -0.376 e. The van der Waals surface area contributed by atoms with Crippen LogP contribution in [-0.2, 0) is 4.74 Å². The average molecular weight is 255 g/mol. The Balaban J connectivity index is 1.56. The monoisotopic (exact) mass is 255 g/mol. The van der Waals surface area contributed by atoms with E-state index in [1.807, 2.05) is 0 Å². The van der Waals surface area contributed by atoms with Gasteiger partial charge in [0.05, 0.1) is 6.10 Å². The molecular weight excluding hydrogens is 230 g/mol. The maximum atomic E-state index is 11.6. The summed E-state index contributed by atoms with van der Waals surface area (Å²) >= 11 is 0. The van der Waals surface area contributed by atoms with Gasteiger partial charge in [-0.3, -0.25) is 0 Å². The van der Waals surface area contributed by atoms with E-state index >= 15 is 0 Å². The summed E-state index contributed by atoms with van der Waals surface area (Å²) in [5, 5.41) is 5.85. The molecule has 0 aromatic carbocycles. The van der Waals surface area contributed by atoms with E-state index in [-0.39, 0.29) is 12.1 Å². The van der Waals surface area contributed by atoms with E-state index < -0.39 is 0 Å². The molecule has 0 unspecified atom stereocenters. The molecule has 0 saturated carbocycles. The molecule has 104 valence electrons. The maximum absolute atomic E-state index is 11.6. The van der Waals surface area contributed by atoms with Gasteiger partial charge in [-0.1, -0.05) is 0 Å². The van der Waals surface area contributed by atoms with Crippen molar-refractivity contribution in [2.45, 2.75) is 31.8 Å². The van der Waals surface area contributed by atoms with Crippen molar-refractivity contribution in [3.63, 3.8) is 0 Å². The summed E-state index contributed by atoms with van der Waals surface area (Å²) in [6.07, 6.45) is 4.85. The molecule has 0 spiro atoms. The van der Waals surface area contributed by atoms with Crippen molar-refractivity contribution in [2.24, 2.45) is 5.92 Å². The number of amides is 2. The first-order valence-electron chi connectivity index (χ1n) is 7.06. The van der Waals surface area contributed by atoms with E-state index in [4.69, 9.17) is 4.74 Å². The Morgan fingerprint density at radius 2 is 2.11 bits per heavy atom. The summed E-state index contributed by atoms with van der Waals surface area (Å²) in [5.74, 6) is 0.595. The number of hydrogen-bond acceptors (Lipinski definition) is 3. The second-order valence-corrected chi connectivity index (χ2v) is 5.50. The number of nitrogens with zero attached hydrogens (tertiary/aromatic N) is 1. The Morgan fingerprint density at radius 3 is 2.83 bits per heavy atom. The van der Waals surface area contributed by atoms with Gasteiger partial charge >= 0.3 is 6.03 Å². The summed E-state index contributed by atoms with van der Waals surface area (Å²) in [4.78, 5) is 14.0. The van der Waals surface area contributed by atoms with Crippen molar-refractivity contribution in [2.75, 3.05) is 39.8 Å². The minimum atomic E-state index is -0.0567. The predicted molar refractivity (Wildman–Crippen MR) is 70.6 cm³/mol. The molecule has 0 radical (unpaired) electrons. The first-order chi connectivity index (χ1) is 8.74. The van der Waals surface area contributed by atoms with E-state index in [1.165, 1.54) is 19.4 Å². The summed E-state index contributed by atoms with van der Waals surface area (Å²) in [6, 6.07) is -0.0567. The zero-order chi connectivity index (χ0) is 12.8. The fourth-order valence-electron chi connectivity index (χ4n) is 2.75. The van der Waals surface area contributed by atoms with E-state index in [1.54, 1.807) is 0 Å². The summed E-state index contributed by atoms with van der Waals surface area (Å²) in [5.41, 5.74) is 0. The molecule has 2 rings (SSSR count). The van der Waals surface area contributed by atoms with Crippen LogP contribution in [0, 0.1) is 5.92 Å². The number of urea groups is 1. The molecular formula is C13H25N3O2. The Labute approximate surface area is 109 Å². The smallest absolute Gasteiger partial charge is 0.314 e. The number of ether oxygens (including phenoxy) is 1. The molecule has 5 heteroatoms. The molecule has 18 heavy (non-hydrogen) atoms. The number of nitrogens with one attached hydrogen (secondary N) is 2. The highest BCUT2D eigenvalue weighted by Gasteiger charge is 2.19. The van der Waals surface area contributed by atoms with Gasteiger partial charge in [0.2, 0.25) is 0 Å². The van der Waals surface area contributed by atoms with E-state index in [0.29, 0.717) is 12.5 Å². The average Bonchev–Trinajstić information content (AvgIpc) is 2.87. The van der Waals surface area contributed by atoms with Crippen LogP contribution in [0.15, 0.2) is 0 Å². The van der Waals surface area contributed by atoms with Gasteiger partial charge in [0.15, 0.2) is 0 Å². The number of carbonyl (C=O) groups is 1. The molecule has 0 aliphatic carbocycles. The van der Waals surface area contributed by atoms with Crippen molar-refractivity contribution in [3.05, 3.63) is 0 Å². The Hall–Kier alpha value is -0.810. The normalized spacial score (nSPS) is 29.2. The predicted octanol–water partition coefficient (Wildman–Crippen LogP) is 0.806. The van der Waals surface area contributed by atoms with Crippen LogP contribution in [0.25, 0.3) is 0 Å². The first kappa shape index (κ1) is 13.6. The number of piperidine rings is 1. The highest BCUT2D eigenvalue weighted by molar-refractivity contribution is 5.73. The van der Waals surface area contributed by atoms with E-state index in [0.717, 1.165) is 32.5 Å². The Morgan fingerprint density at radius 1 is 1.28 bits per heavy atom. The molecule has 0 aromatic heterocycles. The molecule has 2 saturated heterocycles. The van der Waals surface area contributed by atoms with Crippen molar-refractivity contribution >= 4 is 6.03 Å². The Kier molecular flexibility index (Phi) is 5.26. The molecule has 0 bridgehead atoms. The number of rotatable bonds is 4. The van der Waals surface area contributed by atoms with Crippen LogP contribution in [0.4, 0.5) is 4.79 Å². The van der Waals surface area contributed by atoms with E-state index in [2.05, 4.69) is 22.6 Å². The molecule has 2 heterocycles. The lowest BCUT2D eigenvalue weighted by molar-refractivity contribution is 0.111. The lowest BCUT2D eigenvalue weighted by Crippen LogP contribution is -2.44. The third kappa shape index (κ3) is 4.46. The van der Waals surface area contributed by atoms with Gasteiger partial charge in [-0.25, -0.2) is 4.79 Å². The molecule has 2 atom stereocenters. The number of carbonyl (C=O) groups excluding carboxylic acids is 1. The highest BCUT2D eigenvalue weighted by Crippen LogP contribution is 2.13. The van der Waals surface area contributed by atoms with Crippen molar-refractivity contribution in [1.82, 2.24) is 15.5 Å². The van der Waals surface area contributed by atoms with Gasteiger partial charge in [0, 0.05) is 26.2 Å². The summed E-state index contributed by atoms with van der Waals surface area (Å²) < 4.78 is 5.46. The van der Waals surface area contributed by atoms with Crippen molar-refractivity contribution < 1.29 is 9.53 Å². The Bertz CT molecular complexity index is 267. The standard InChI is InChI=1S/C13H25N3O2/c1-16-6-2-4-11(10-16)8-14-13(17)15-9-12-5-3-7-18-12/h11-12H,2-10H2,1H3,(H2,14,15,17)/t11-,12-/m1/s1. The molecule has 0 aromatic rings. The van der Waals surface area contributed by atoms with E-state index in [9.17, 15) is 4.79 Å². The maximum Gasteiger partial charge on any atom is 0.314 e. The van der Waals surface area contributed by atoms with Gasteiger partial charge in [-0.05, 0) is 45.2 Å². The van der Waals surface area contributed by atoms with Gasteiger partial charge < -0.3 is 20.3 Å². The molecule has 2 aliphatic heterocycles. The third-order valence-corrected chi connectivity index (χ3v) is 3.79. The molecule has 2 amide bonds. The second kappa shape index (κ2) is 6.95. The quantitative estimate of drug-likeness (QED) is 0.781. The summed E-state index contributed by atoms with van der Waals surface area (Å²) in [7, 11) is 2.14. The fraction of sp³-hybridized carbons (Fsp3) is 0.923. The van der Waals surface area contributed by atoms with Crippen LogP contribution >= 0.6 is 0 Å². The second-order valence-electron chi connectivity index (χ2n) is 5.50. The molecule has 2 N–H and O–H groups in total. The van der Waals surface area contributed by atoms with Gasteiger partial charge in [0.25, 0.3) is 0 Å². The van der Waals surface area contributed by atoms with Crippen LogP contribution in [-0.4, -0.2) is 56.9 Å². The van der Waals surface area contributed by atoms with Crippen LogP contribution in [0.1, 0.15) is 25.7 Å². The highest BCUT2D eigenvalue weighted by atomic mass is 16.5. The molecule has 2 aliphatic rings. The van der Waals surface area contributed by atoms with Crippen molar-refractivity contribution in [1.29, 1.82) is 0 Å². The van der Waals surface area contributed by atoms with Crippen molar-refractivity contribution in [3.8, 4) is 0 Å². The van der Waals surface area contributed by atoms with Crippen LogP contribution in [0.5, 0.6) is 0 Å².